The van der Waals surface area contributed by atoms with Gasteiger partial charge in [0.25, 0.3) is 17.4 Å². The molecule has 8 nitrogen and oxygen atoms in total. The summed E-state index contributed by atoms with van der Waals surface area (Å²) in [7, 11) is 1.53. The number of aliphatic hydroxyl groups excluding tert-OH is 1. The van der Waals surface area contributed by atoms with Gasteiger partial charge in [0.15, 0.2) is 0 Å². The molecule has 4 rings (SSSR count). The number of Topliss-reactive ketones (excluding diaryl/α,β-unsaturated/α-hetero) is 1. The van der Waals surface area contributed by atoms with Crippen molar-refractivity contribution in [3.63, 3.8) is 0 Å². The number of non-ortho nitro benzene ring substituents is 1. The Morgan fingerprint density at radius 1 is 1.06 bits per heavy atom. The fourth-order valence-electron chi connectivity index (χ4n) is 4.14. The Morgan fingerprint density at radius 2 is 1.76 bits per heavy atom. The Bertz CT molecular complexity index is 1310. The third-order valence-corrected chi connectivity index (χ3v) is 5.78. The number of hydrogen-bond acceptors (Lipinski definition) is 6. The number of rotatable bonds is 6. The van der Waals surface area contributed by atoms with E-state index >= 15 is 0 Å². The molecule has 1 atom stereocenters. The lowest BCUT2D eigenvalue weighted by Crippen LogP contribution is -2.29. The molecule has 3 aromatic rings. The van der Waals surface area contributed by atoms with E-state index in [0.29, 0.717) is 16.9 Å². The predicted molar refractivity (Wildman–Crippen MR) is 125 cm³/mol. The molecule has 0 radical (unpaired) electrons. The highest BCUT2D eigenvalue weighted by molar-refractivity contribution is 6.46. The van der Waals surface area contributed by atoms with E-state index in [-0.39, 0.29) is 29.1 Å². The minimum Gasteiger partial charge on any atom is -0.507 e. The van der Waals surface area contributed by atoms with Crippen LogP contribution in [0.4, 0.5) is 5.69 Å². The number of nitrogens with zero attached hydrogens (tertiary/aromatic N) is 2. The number of amides is 1. The van der Waals surface area contributed by atoms with E-state index in [1.54, 1.807) is 12.1 Å². The highest BCUT2D eigenvalue weighted by Gasteiger charge is 2.46. The fraction of sp³-hybridized carbons (Fsp3) is 0.154. The van der Waals surface area contributed by atoms with Crippen molar-refractivity contribution in [3.8, 4) is 5.75 Å². The van der Waals surface area contributed by atoms with Gasteiger partial charge in [-0.25, -0.2) is 0 Å². The van der Waals surface area contributed by atoms with Gasteiger partial charge in [-0.2, -0.15) is 0 Å². The molecule has 1 N–H and O–H groups in total. The SMILES string of the molecule is COc1ccccc1CN1C(=O)C(=O)/C(=C(\O)c2ccc([N+](=O)[O-])cc2)C1c1cccc(C)c1. The van der Waals surface area contributed by atoms with Crippen LogP contribution in [0.5, 0.6) is 5.75 Å². The molecule has 0 aliphatic carbocycles. The monoisotopic (exact) mass is 458 g/mol. The second-order valence-corrected chi connectivity index (χ2v) is 7.96. The van der Waals surface area contributed by atoms with E-state index in [1.165, 1.54) is 36.3 Å². The first-order chi connectivity index (χ1) is 16.3. The van der Waals surface area contributed by atoms with Crippen LogP contribution in [0, 0.1) is 17.0 Å². The highest BCUT2D eigenvalue weighted by atomic mass is 16.6. The van der Waals surface area contributed by atoms with E-state index in [1.807, 2.05) is 43.3 Å². The number of likely N-dealkylation sites (tertiary alicyclic amines) is 1. The number of nitro groups is 1. The van der Waals surface area contributed by atoms with Gasteiger partial charge < -0.3 is 14.7 Å². The summed E-state index contributed by atoms with van der Waals surface area (Å²) in [5.74, 6) is -1.39. The van der Waals surface area contributed by atoms with Crippen molar-refractivity contribution < 1.29 is 24.4 Å². The van der Waals surface area contributed by atoms with Crippen molar-refractivity contribution in [3.05, 3.63) is 111 Å². The van der Waals surface area contributed by atoms with Crippen molar-refractivity contribution in [2.75, 3.05) is 7.11 Å². The number of benzene rings is 3. The van der Waals surface area contributed by atoms with Crippen LogP contribution in [0.15, 0.2) is 78.4 Å². The molecule has 1 aliphatic rings. The summed E-state index contributed by atoms with van der Waals surface area (Å²) in [6, 6.07) is 18.9. The molecule has 1 aliphatic heterocycles. The van der Waals surface area contributed by atoms with Crippen LogP contribution in [-0.2, 0) is 16.1 Å². The van der Waals surface area contributed by atoms with Crippen molar-refractivity contribution in [2.24, 2.45) is 0 Å². The molecule has 172 valence electrons. The minimum atomic E-state index is -0.847. The average molecular weight is 458 g/mol. The molecule has 3 aromatic carbocycles. The number of carbonyl (C=O) groups excluding carboxylic acids is 2. The van der Waals surface area contributed by atoms with Crippen LogP contribution in [0.1, 0.15) is 28.3 Å². The van der Waals surface area contributed by atoms with E-state index in [9.17, 15) is 24.8 Å². The summed E-state index contributed by atoms with van der Waals surface area (Å²) < 4.78 is 5.41. The van der Waals surface area contributed by atoms with Crippen LogP contribution in [0.25, 0.3) is 5.76 Å². The van der Waals surface area contributed by atoms with Crippen molar-refractivity contribution in [2.45, 2.75) is 19.5 Å². The van der Waals surface area contributed by atoms with Gasteiger partial charge in [0.2, 0.25) is 0 Å². The van der Waals surface area contributed by atoms with E-state index < -0.39 is 22.7 Å². The minimum absolute atomic E-state index is 0.0700. The lowest BCUT2D eigenvalue weighted by molar-refractivity contribution is -0.384. The number of aliphatic hydroxyl groups is 1. The molecule has 0 spiro atoms. The summed E-state index contributed by atoms with van der Waals surface area (Å²) in [6.07, 6.45) is 0. The summed E-state index contributed by atoms with van der Waals surface area (Å²) >= 11 is 0. The van der Waals surface area contributed by atoms with Gasteiger partial charge in [-0.05, 0) is 30.7 Å². The molecule has 1 fully saturated rings. The second-order valence-electron chi connectivity index (χ2n) is 7.96. The maximum Gasteiger partial charge on any atom is 0.295 e. The molecule has 1 unspecified atom stereocenters. The van der Waals surface area contributed by atoms with Crippen molar-refractivity contribution in [1.82, 2.24) is 4.90 Å². The maximum atomic E-state index is 13.2. The first-order valence-corrected chi connectivity index (χ1v) is 10.5. The van der Waals surface area contributed by atoms with E-state index in [2.05, 4.69) is 0 Å². The topological polar surface area (TPSA) is 110 Å². The fourth-order valence-corrected chi connectivity index (χ4v) is 4.14. The Hall–Kier alpha value is -4.46. The van der Waals surface area contributed by atoms with E-state index in [0.717, 1.165) is 5.56 Å². The number of carbonyl (C=O) groups is 2. The first-order valence-electron chi connectivity index (χ1n) is 10.5. The molecular formula is C26H22N2O6. The predicted octanol–water partition coefficient (Wildman–Crippen LogP) is 4.53. The second kappa shape index (κ2) is 9.19. The van der Waals surface area contributed by atoms with Gasteiger partial charge in [-0.15, -0.1) is 0 Å². The van der Waals surface area contributed by atoms with Crippen LogP contribution >= 0.6 is 0 Å². The van der Waals surface area contributed by atoms with E-state index in [4.69, 9.17) is 4.74 Å². The molecule has 0 saturated carbocycles. The summed E-state index contributed by atoms with van der Waals surface area (Å²) in [6.45, 7) is 1.98. The lowest BCUT2D eigenvalue weighted by Gasteiger charge is -2.26. The highest BCUT2D eigenvalue weighted by Crippen LogP contribution is 2.41. The number of nitro benzene ring substituents is 1. The number of para-hydroxylation sites is 1. The third kappa shape index (κ3) is 4.13. The standard InChI is InChI=1S/C26H22N2O6/c1-16-6-5-8-18(14-16)23-22(24(29)17-10-12-20(13-11-17)28(32)33)25(30)26(31)27(23)15-19-7-3-4-9-21(19)34-2/h3-14,23,29H,15H2,1-2H3/b24-22-. The number of ether oxygens (including phenoxy) is 1. The average Bonchev–Trinajstić information content (AvgIpc) is 3.09. The zero-order valence-corrected chi connectivity index (χ0v) is 18.6. The Morgan fingerprint density at radius 3 is 2.41 bits per heavy atom. The van der Waals surface area contributed by atoms with Gasteiger partial charge in [-0.3, -0.25) is 19.7 Å². The van der Waals surface area contributed by atoms with Gasteiger partial charge >= 0.3 is 0 Å². The number of hydrogen-bond donors (Lipinski definition) is 1. The zero-order valence-electron chi connectivity index (χ0n) is 18.6. The lowest BCUT2D eigenvalue weighted by atomic mass is 9.94. The van der Waals surface area contributed by atoms with Crippen molar-refractivity contribution >= 4 is 23.1 Å². The quantitative estimate of drug-likeness (QED) is 0.191. The van der Waals surface area contributed by atoms with Crippen LogP contribution in [0.2, 0.25) is 0 Å². The van der Waals surface area contributed by atoms with Crippen LogP contribution < -0.4 is 4.74 Å². The molecular weight excluding hydrogens is 436 g/mol. The Kier molecular flexibility index (Phi) is 6.14. The largest absolute Gasteiger partial charge is 0.507 e. The van der Waals surface area contributed by atoms with Crippen molar-refractivity contribution in [1.29, 1.82) is 0 Å². The smallest absolute Gasteiger partial charge is 0.295 e. The van der Waals surface area contributed by atoms with Crippen LogP contribution in [0.3, 0.4) is 0 Å². The summed E-state index contributed by atoms with van der Waals surface area (Å²) in [4.78, 5) is 38.2. The van der Waals surface area contributed by atoms with Gasteiger partial charge in [0, 0.05) is 23.3 Å². The molecule has 0 bridgehead atoms. The number of aryl methyl sites for hydroxylation is 1. The summed E-state index contributed by atoms with van der Waals surface area (Å²) in [5.41, 5.74) is 2.29. The maximum absolute atomic E-state index is 13.2. The zero-order chi connectivity index (χ0) is 24.4. The Balaban J connectivity index is 1.86. The normalized spacial score (nSPS) is 17.1. The Labute approximate surface area is 195 Å². The summed E-state index contributed by atoms with van der Waals surface area (Å²) in [5, 5.41) is 22.1. The molecule has 1 amide bonds. The van der Waals surface area contributed by atoms with Gasteiger partial charge in [-0.1, -0.05) is 48.0 Å². The van der Waals surface area contributed by atoms with Crippen LogP contribution in [-0.4, -0.2) is 33.7 Å². The number of methoxy groups -OCH3 is 1. The first kappa shape index (κ1) is 22.7. The third-order valence-electron chi connectivity index (χ3n) is 5.78. The molecule has 0 aromatic heterocycles. The molecule has 8 heteroatoms. The molecule has 1 heterocycles. The van der Waals surface area contributed by atoms with Gasteiger partial charge in [0.1, 0.15) is 11.5 Å². The molecule has 1 saturated heterocycles. The molecule has 34 heavy (non-hydrogen) atoms. The van der Waals surface area contributed by atoms with Gasteiger partial charge in [0.05, 0.1) is 30.2 Å². The number of ketones is 1.